The van der Waals surface area contributed by atoms with Crippen LogP contribution in [0.5, 0.6) is 0 Å². The van der Waals surface area contributed by atoms with Crippen LogP contribution >= 0.6 is 0 Å². The van der Waals surface area contributed by atoms with E-state index in [0.717, 1.165) is 17.3 Å². The van der Waals surface area contributed by atoms with E-state index in [-0.39, 0.29) is 0 Å². The molecule has 1 aromatic heterocycles. The summed E-state index contributed by atoms with van der Waals surface area (Å²) in [6.07, 6.45) is 7.28. The molecule has 1 unspecified atom stereocenters. The lowest BCUT2D eigenvalue weighted by Crippen LogP contribution is -2.18. The van der Waals surface area contributed by atoms with Gasteiger partial charge in [-0.25, -0.2) is 4.68 Å². The van der Waals surface area contributed by atoms with E-state index in [9.17, 15) is 0 Å². The van der Waals surface area contributed by atoms with E-state index in [0.29, 0.717) is 6.04 Å². The highest BCUT2D eigenvalue weighted by molar-refractivity contribution is 5.37. The third kappa shape index (κ3) is 1.63. The molecule has 0 radical (unpaired) electrons. The Morgan fingerprint density at radius 3 is 2.79 bits per heavy atom. The fraction of sp³-hybridized carbons (Fsp3) is 0.727. The highest BCUT2D eigenvalue weighted by Gasteiger charge is 2.21. The standard InChI is InChI=1S/C11H19N3/c1-8-7-13-14(11(8)12)9(2)6-10-4-3-5-10/h7,9-10H,3-6,12H2,1-2H3. The maximum atomic E-state index is 5.94. The molecule has 0 bridgehead atoms. The van der Waals surface area contributed by atoms with Crippen LogP contribution in [0.25, 0.3) is 0 Å². The van der Waals surface area contributed by atoms with Crippen molar-refractivity contribution < 1.29 is 0 Å². The number of aromatic nitrogens is 2. The van der Waals surface area contributed by atoms with Crippen LogP contribution in [0.2, 0.25) is 0 Å². The van der Waals surface area contributed by atoms with Crippen molar-refractivity contribution in [3.8, 4) is 0 Å². The van der Waals surface area contributed by atoms with E-state index in [2.05, 4.69) is 12.0 Å². The van der Waals surface area contributed by atoms with Gasteiger partial charge in [-0.3, -0.25) is 0 Å². The Bertz CT molecular complexity index is 312. The van der Waals surface area contributed by atoms with Crippen LogP contribution in [-0.2, 0) is 0 Å². The zero-order chi connectivity index (χ0) is 10.1. The minimum Gasteiger partial charge on any atom is -0.384 e. The number of nitrogens with zero attached hydrogens (tertiary/aromatic N) is 2. The monoisotopic (exact) mass is 193 g/mol. The molecule has 0 aliphatic heterocycles. The van der Waals surface area contributed by atoms with Crippen LogP contribution in [-0.4, -0.2) is 9.78 Å². The predicted molar refractivity (Wildman–Crippen MR) is 58.0 cm³/mol. The molecule has 1 heterocycles. The van der Waals surface area contributed by atoms with Crippen molar-refractivity contribution >= 4 is 5.82 Å². The minimum absolute atomic E-state index is 0.453. The Morgan fingerprint density at radius 2 is 2.36 bits per heavy atom. The lowest BCUT2D eigenvalue weighted by Gasteiger charge is -2.28. The van der Waals surface area contributed by atoms with Crippen molar-refractivity contribution in [2.75, 3.05) is 5.73 Å². The van der Waals surface area contributed by atoms with Gasteiger partial charge in [-0.05, 0) is 26.2 Å². The zero-order valence-electron chi connectivity index (χ0n) is 9.03. The number of nitrogens with two attached hydrogens (primary N) is 1. The molecular formula is C11H19N3. The van der Waals surface area contributed by atoms with Gasteiger partial charge in [0.2, 0.25) is 0 Å². The Labute approximate surface area is 85.3 Å². The molecule has 0 amide bonds. The van der Waals surface area contributed by atoms with Gasteiger partial charge in [0.15, 0.2) is 0 Å². The average molecular weight is 193 g/mol. The molecule has 1 fully saturated rings. The van der Waals surface area contributed by atoms with Gasteiger partial charge in [0, 0.05) is 5.56 Å². The topological polar surface area (TPSA) is 43.8 Å². The van der Waals surface area contributed by atoms with Crippen molar-refractivity contribution in [2.24, 2.45) is 5.92 Å². The van der Waals surface area contributed by atoms with Gasteiger partial charge in [-0.1, -0.05) is 19.3 Å². The second kappa shape index (κ2) is 3.64. The second-order valence-corrected chi connectivity index (χ2v) is 4.54. The van der Waals surface area contributed by atoms with Gasteiger partial charge in [-0.15, -0.1) is 0 Å². The number of rotatable bonds is 3. The molecular weight excluding hydrogens is 174 g/mol. The van der Waals surface area contributed by atoms with Gasteiger partial charge in [-0.2, -0.15) is 5.10 Å². The first-order valence-electron chi connectivity index (χ1n) is 5.48. The Hall–Kier alpha value is -0.990. The predicted octanol–water partition coefficient (Wildman–Crippen LogP) is 2.52. The van der Waals surface area contributed by atoms with Gasteiger partial charge in [0.25, 0.3) is 0 Å². The molecule has 1 aliphatic carbocycles. The largest absolute Gasteiger partial charge is 0.384 e. The summed E-state index contributed by atoms with van der Waals surface area (Å²) in [4.78, 5) is 0. The second-order valence-electron chi connectivity index (χ2n) is 4.54. The van der Waals surface area contributed by atoms with Crippen molar-refractivity contribution in [3.63, 3.8) is 0 Å². The summed E-state index contributed by atoms with van der Waals surface area (Å²) >= 11 is 0. The van der Waals surface area contributed by atoms with Crippen LogP contribution in [0.15, 0.2) is 6.20 Å². The summed E-state index contributed by atoms with van der Waals surface area (Å²) in [6, 6.07) is 0.453. The van der Waals surface area contributed by atoms with Crippen LogP contribution in [0.1, 0.15) is 44.2 Å². The molecule has 1 aromatic rings. The molecule has 3 heteroatoms. The van der Waals surface area contributed by atoms with E-state index < -0.39 is 0 Å². The molecule has 1 aliphatic rings. The summed E-state index contributed by atoms with van der Waals surface area (Å²) in [5.74, 6) is 1.74. The molecule has 0 aromatic carbocycles. The summed E-state index contributed by atoms with van der Waals surface area (Å²) in [6.45, 7) is 4.22. The minimum atomic E-state index is 0.453. The maximum Gasteiger partial charge on any atom is 0.124 e. The lowest BCUT2D eigenvalue weighted by atomic mass is 9.81. The summed E-state index contributed by atoms with van der Waals surface area (Å²) in [5.41, 5.74) is 7.03. The van der Waals surface area contributed by atoms with E-state index in [1.165, 1.54) is 25.7 Å². The SMILES string of the molecule is Cc1cnn(C(C)CC2CCC2)c1N. The Morgan fingerprint density at radius 1 is 1.64 bits per heavy atom. The first kappa shape index (κ1) is 9.56. The quantitative estimate of drug-likeness (QED) is 0.801. The molecule has 2 N–H and O–H groups in total. The highest BCUT2D eigenvalue weighted by Crippen LogP contribution is 2.34. The van der Waals surface area contributed by atoms with E-state index in [4.69, 9.17) is 5.73 Å². The molecule has 14 heavy (non-hydrogen) atoms. The van der Waals surface area contributed by atoms with Gasteiger partial charge >= 0.3 is 0 Å². The van der Waals surface area contributed by atoms with Crippen molar-refractivity contribution in [3.05, 3.63) is 11.8 Å². The maximum absolute atomic E-state index is 5.94. The molecule has 1 saturated carbocycles. The number of anilines is 1. The first-order valence-corrected chi connectivity index (χ1v) is 5.48. The smallest absolute Gasteiger partial charge is 0.124 e. The average Bonchev–Trinajstić information content (AvgIpc) is 2.41. The third-order valence-electron chi connectivity index (χ3n) is 3.34. The van der Waals surface area contributed by atoms with Crippen LogP contribution in [0.4, 0.5) is 5.82 Å². The third-order valence-corrected chi connectivity index (χ3v) is 3.34. The fourth-order valence-corrected chi connectivity index (χ4v) is 2.12. The van der Waals surface area contributed by atoms with Crippen LogP contribution in [0, 0.1) is 12.8 Å². The molecule has 3 nitrogen and oxygen atoms in total. The molecule has 2 rings (SSSR count). The Kier molecular flexibility index (Phi) is 2.48. The zero-order valence-corrected chi connectivity index (χ0v) is 9.03. The number of nitrogen functional groups attached to an aromatic ring is 1. The highest BCUT2D eigenvalue weighted by atomic mass is 15.3. The van der Waals surface area contributed by atoms with Gasteiger partial charge in [0.1, 0.15) is 5.82 Å². The lowest BCUT2D eigenvalue weighted by molar-refractivity contribution is 0.251. The van der Waals surface area contributed by atoms with E-state index >= 15 is 0 Å². The summed E-state index contributed by atoms with van der Waals surface area (Å²) < 4.78 is 1.97. The van der Waals surface area contributed by atoms with Gasteiger partial charge in [0.05, 0.1) is 12.2 Å². The van der Waals surface area contributed by atoms with Crippen molar-refractivity contribution in [1.29, 1.82) is 0 Å². The van der Waals surface area contributed by atoms with Gasteiger partial charge < -0.3 is 5.73 Å². The number of aryl methyl sites for hydroxylation is 1. The molecule has 0 saturated heterocycles. The fourth-order valence-electron chi connectivity index (χ4n) is 2.12. The number of hydrogen-bond donors (Lipinski definition) is 1. The van der Waals surface area contributed by atoms with Crippen LogP contribution < -0.4 is 5.73 Å². The first-order chi connectivity index (χ1) is 6.68. The molecule has 78 valence electrons. The number of hydrogen-bond acceptors (Lipinski definition) is 2. The van der Waals surface area contributed by atoms with E-state index in [1.54, 1.807) is 0 Å². The molecule has 0 spiro atoms. The summed E-state index contributed by atoms with van der Waals surface area (Å²) in [7, 11) is 0. The van der Waals surface area contributed by atoms with Crippen LogP contribution in [0.3, 0.4) is 0 Å². The molecule has 1 atom stereocenters. The summed E-state index contributed by atoms with van der Waals surface area (Å²) in [5, 5.41) is 4.32. The van der Waals surface area contributed by atoms with E-state index in [1.807, 2.05) is 17.8 Å². The normalized spacial score (nSPS) is 19.3. The van der Waals surface area contributed by atoms with Crippen molar-refractivity contribution in [2.45, 2.75) is 45.6 Å². The Balaban J connectivity index is 2.02. The van der Waals surface area contributed by atoms with Crippen molar-refractivity contribution in [1.82, 2.24) is 9.78 Å².